The molecule has 0 saturated carbocycles. The fourth-order valence-corrected chi connectivity index (χ4v) is 20.8. The van der Waals surface area contributed by atoms with E-state index in [0.29, 0.717) is 122 Å². The summed E-state index contributed by atoms with van der Waals surface area (Å²) in [5.41, 5.74) is -0.713. The zero-order valence-corrected chi connectivity index (χ0v) is 74.9. The van der Waals surface area contributed by atoms with Gasteiger partial charge in [0.2, 0.25) is 11.6 Å². The van der Waals surface area contributed by atoms with E-state index in [1.165, 1.54) is 0 Å². The minimum Gasteiger partial charge on any atom is -0.309 e. The molecule has 22 aromatic rings. The van der Waals surface area contributed by atoms with E-state index < -0.39 is 126 Å². The molecule has 6 aromatic heterocycles. The van der Waals surface area contributed by atoms with Gasteiger partial charge in [0.05, 0.1) is 111 Å². The Morgan fingerprint density at radius 1 is 0.213 bits per heavy atom. The van der Waals surface area contributed by atoms with Gasteiger partial charge in [0.25, 0.3) is 0 Å². The van der Waals surface area contributed by atoms with Crippen LogP contribution in [0.15, 0.2) is 273 Å². The minimum absolute atomic E-state index is 0.110. The van der Waals surface area contributed by atoms with Gasteiger partial charge in [-0.25, -0.2) is 43.9 Å². The Kier molecular flexibility index (Phi) is 19.2. The summed E-state index contributed by atoms with van der Waals surface area (Å²) in [6.07, 6.45) is -10.7. The molecule has 22 rings (SSSR count). The van der Waals surface area contributed by atoms with Crippen molar-refractivity contribution in [3.8, 4) is 56.4 Å². The second-order valence-corrected chi connectivity index (χ2v) is 39.2. The van der Waals surface area contributed by atoms with Crippen molar-refractivity contribution in [3.63, 3.8) is 0 Å². The molecule has 0 N–H and O–H groups in total. The first kappa shape index (κ1) is 86.6. The van der Waals surface area contributed by atoms with Crippen LogP contribution < -0.4 is 0 Å². The number of para-hydroxylation sites is 5. The third-order valence-corrected chi connectivity index (χ3v) is 27.5. The number of fused-ring (bicyclic) bond motifs is 18. The van der Waals surface area contributed by atoms with Crippen LogP contribution in [0.3, 0.4) is 0 Å². The number of aromatic nitrogens is 6. The van der Waals surface area contributed by atoms with Crippen molar-refractivity contribution >= 4 is 131 Å². The van der Waals surface area contributed by atoms with Crippen molar-refractivity contribution in [2.45, 2.75) is 117 Å². The van der Waals surface area contributed by atoms with Gasteiger partial charge in [-0.1, -0.05) is 216 Å². The lowest BCUT2D eigenvalue weighted by Gasteiger charge is -2.26. The Morgan fingerprint density at radius 3 is 0.824 bits per heavy atom. The third kappa shape index (κ3) is 13.1. The summed E-state index contributed by atoms with van der Waals surface area (Å²) in [6, 6.07) is 80.6. The molecule has 136 heavy (non-hydrogen) atoms. The highest BCUT2D eigenvalue weighted by molar-refractivity contribution is 6.17. The highest BCUT2D eigenvalue weighted by Gasteiger charge is 2.43. The van der Waals surface area contributed by atoms with E-state index in [4.69, 9.17) is 0 Å². The first-order chi connectivity index (χ1) is 64.6. The second-order valence-electron chi connectivity index (χ2n) is 39.2. The smallest absolute Gasteiger partial charge is 0.309 e. The van der Waals surface area contributed by atoms with Crippen molar-refractivity contribution in [2.24, 2.45) is 0 Å². The summed E-state index contributed by atoms with van der Waals surface area (Å²) >= 11 is 0. The van der Waals surface area contributed by atoms with E-state index in [1.807, 2.05) is 284 Å². The summed E-state index contributed by atoms with van der Waals surface area (Å²) in [7, 11) is 0. The lowest BCUT2D eigenvalue weighted by Crippen LogP contribution is -2.20. The molecular weight excluding hydrogens is 1760 g/mol. The molecule has 6 nitrogen and oxygen atoms in total. The first-order valence-electron chi connectivity index (χ1n) is 44.4. The summed E-state index contributed by atoms with van der Waals surface area (Å²) < 4.78 is 271. The van der Waals surface area contributed by atoms with Gasteiger partial charge in [-0.2, -0.15) is 26.3 Å². The molecule has 0 amide bonds. The van der Waals surface area contributed by atoms with Crippen molar-refractivity contribution in [3.05, 3.63) is 370 Å². The van der Waals surface area contributed by atoms with Crippen LogP contribution in [0.25, 0.3) is 187 Å². The summed E-state index contributed by atoms with van der Waals surface area (Å²) in [5, 5.41) is 8.33. The van der Waals surface area contributed by atoms with Crippen molar-refractivity contribution < 1.29 is 70.2 Å². The molecule has 678 valence electrons. The average molecular weight is 1840 g/mol. The molecule has 0 radical (unpaired) electrons. The summed E-state index contributed by atoms with van der Waals surface area (Å²) in [5.74, 6) is -24.8. The maximum Gasteiger partial charge on any atom is 0.417 e. The maximum absolute atomic E-state index is 16.8. The normalized spacial score (nSPS) is 13.0. The van der Waals surface area contributed by atoms with Crippen LogP contribution >= 0.6 is 0 Å². The molecule has 0 aliphatic carbocycles. The predicted molar refractivity (Wildman–Crippen MR) is 512 cm³/mol. The summed E-state index contributed by atoms with van der Waals surface area (Å²) in [6.45, 7) is 22.4. The van der Waals surface area contributed by atoms with Gasteiger partial charge in [0.1, 0.15) is 0 Å². The Hall–Kier alpha value is -14.8. The highest BCUT2D eigenvalue weighted by Crippen LogP contribution is 2.53. The fourth-order valence-electron chi connectivity index (χ4n) is 20.8. The number of benzene rings is 16. The van der Waals surface area contributed by atoms with Gasteiger partial charge < -0.3 is 27.4 Å². The van der Waals surface area contributed by atoms with Gasteiger partial charge in [-0.15, -0.1) is 0 Å². The zero-order valence-electron chi connectivity index (χ0n) is 74.9. The van der Waals surface area contributed by atoms with Crippen LogP contribution in [0.5, 0.6) is 0 Å². The molecule has 6 heterocycles. The van der Waals surface area contributed by atoms with Crippen molar-refractivity contribution in [2.75, 3.05) is 0 Å². The van der Waals surface area contributed by atoms with E-state index in [9.17, 15) is 0 Å². The maximum atomic E-state index is 16.8. The lowest BCUT2D eigenvalue weighted by molar-refractivity contribution is -0.137. The third-order valence-electron chi connectivity index (χ3n) is 27.5. The topological polar surface area (TPSA) is 29.6 Å². The molecular formula is C114H80F16N6. The first-order valence-corrected chi connectivity index (χ1v) is 44.4. The van der Waals surface area contributed by atoms with Gasteiger partial charge >= 0.3 is 12.4 Å². The monoisotopic (exact) mass is 1840 g/mol. The Labute approximate surface area is 767 Å². The van der Waals surface area contributed by atoms with Gasteiger partial charge in [-0.05, 0) is 189 Å². The second kappa shape index (κ2) is 30.1. The SMILES string of the molecule is CC(C)(C)c1ccc2c(c1)c1cc(C(C)(C)C)ccc1n2-c1cc(C(F)(F)F)c(-c2c(F)c(F)c(F)c(F)c2F)cc1-n1c2ccc(C(C)(C)C)cc2c2cc(C(C)(C)Cc3cccc4c3c3ccccc3n4-c3ccc4c5ccccc5n(-c5cc(C(F)(F)F)c(-c6c(F)c(F)c(F)c(F)c6F)cc5-n5c6ccccc6c6ccc(-n7c8ccccc8c8ccccc87)cc65)c4c3)ccc21. The molecule has 0 saturated heterocycles. The minimum atomic E-state index is -5.54. The fraction of sp³-hybridized carbons (Fsp3) is 0.158. The predicted octanol–water partition coefficient (Wildman–Crippen LogP) is 33.4. The molecule has 22 heteroatoms. The van der Waals surface area contributed by atoms with Gasteiger partial charge in [0, 0.05) is 87.1 Å². The van der Waals surface area contributed by atoms with Crippen LogP contribution in [0, 0.1) is 58.2 Å². The van der Waals surface area contributed by atoms with E-state index in [1.54, 1.807) is 54.7 Å². The van der Waals surface area contributed by atoms with E-state index in [0.717, 1.165) is 78.6 Å². The Balaban J connectivity index is 0.745. The standard InChI is InChI=1S/C114H80F16N6/c1-109(2,3)59-36-44-86-72(47-59)73-48-60(110(4,5)6)37-45-87(73)134(86)94-55-78(113(125,126)127)76(97-99(115)103(119)107(123)104(120)100(97)116)53-92(94)133-85-43-35-61(111(7,8)9)49-74(85)75-50-62(38-46-88(75)133)112(10,11)57-58-23-22-34-89-96(58)71-28-16-21-33-84(71)132(89)64-40-42-70-68-27-15-20-32-83(68)136(91(70)52-64)95-56-79(114(128,129)130)77(98-101(117)105(121)108(124)106(122)102(98)118)54-93(95)135-82-31-19-14-26-67(82)69-41-39-63(51-90(69)135)131-80-29-17-12-24-65(80)66-25-13-18-30-81(66)131/h12-56H,57H2,1-11H3. The van der Waals surface area contributed by atoms with E-state index >= 15 is 70.2 Å². The molecule has 0 spiro atoms. The number of alkyl halides is 6. The van der Waals surface area contributed by atoms with Crippen LogP contribution in [-0.2, 0) is 40.4 Å². The molecule has 0 bridgehead atoms. The van der Waals surface area contributed by atoms with Gasteiger partial charge in [0.15, 0.2) is 46.5 Å². The van der Waals surface area contributed by atoms with E-state index in [2.05, 4.69) is 13.8 Å². The quantitative estimate of drug-likeness (QED) is 0.0702. The highest BCUT2D eigenvalue weighted by atomic mass is 19.4. The van der Waals surface area contributed by atoms with Crippen molar-refractivity contribution in [1.29, 1.82) is 0 Å². The molecule has 0 unspecified atom stereocenters. The van der Waals surface area contributed by atoms with Crippen LogP contribution in [0.1, 0.15) is 115 Å². The number of hydrogen-bond acceptors (Lipinski definition) is 0. The van der Waals surface area contributed by atoms with Crippen LogP contribution in [0.2, 0.25) is 0 Å². The van der Waals surface area contributed by atoms with E-state index in [-0.39, 0.29) is 22.7 Å². The zero-order chi connectivity index (χ0) is 95.4. The Morgan fingerprint density at radius 2 is 0.478 bits per heavy atom. The molecule has 16 aromatic carbocycles. The largest absolute Gasteiger partial charge is 0.417 e. The van der Waals surface area contributed by atoms with Crippen molar-refractivity contribution in [1.82, 2.24) is 27.4 Å². The number of rotatable bonds is 11. The molecule has 0 aliphatic rings. The molecule has 0 fully saturated rings. The molecule has 0 aliphatic heterocycles. The average Bonchev–Trinajstić information content (AvgIpc) is 1.54. The lowest BCUT2D eigenvalue weighted by atomic mass is 9.78. The molecule has 0 atom stereocenters. The number of halogens is 16. The Bertz CT molecular complexity index is 8780. The summed E-state index contributed by atoms with van der Waals surface area (Å²) in [4.78, 5) is 0. The van der Waals surface area contributed by atoms with Gasteiger partial charge in [-0.3, -0.25) is 0 Å². The van der Waals surface area contributed by atoms with Crippen LogP contribution in [-0.4, -0.2) is 27.4 Å². The number of hydrogen-bond donors (Lipinski definition) is 0. The van der Waals surface area contributed by atoms with Crippen LogP contribution in [0.4, 0.5) is 70.2 Å². The number of nitrogens with zero attached hydrogens (tertiary/aromatic N) is 6.